The van der Waals surface area contributed by atoms with Crippen LogP contribution in [0.4, 0.5) is 5.69 Å². The van der Waals surface area contributed by atoms with Gasteiger partial charge in [0.05, 0.1) is 4.92 Å². The van der Waals surface area contributed by atoms with Crippen LogP contribution in [0.1, 0.15) is 5.56 Å². The summed E-state index contributed by atoms with van der Waals surface area (Å²) in [7, 11) is -1.94. The quantitative estimate of drug-likeness (QED) is 0.621. The summed E-state index contributed by atoms with van der Waals surface area (Å²) in [4.78, 5) is 10.2. The van der Waals surface area contributed by atoms with Crippen molar-refractivity contribution in [3.63, 3.8) is 0 Å². The lowest BCUT2D eigenvalue weighted by molar-refractivity contribution is -0.384. The van der Waals surface area contributed by atoms with Crippen LogP contribution in [0.5, 0.6) is 0 Å². The molecule has 1 aliphatic heterocycles. The lowest BCUT2D eigenvalue weighted by Crippen LogP contribution is -2.30. The van der Waals surface area contributed by atoms with Gasteiger partial charge in [-0.15, -0.1) is 0 Å². The van der Waals surface area contributed by atoms with E-state index in [1.807, 2.05) is 0 Å². The highest BCUT2D eigenvalue weighted by Crippen LogP contribution is 2.26. The lowest BCUT2D eigenvalue weighted by Gasteiger charge is -2.15. The van der Waals surface area contributed by atoms with E-state index in [1.54, 1.807) is 6.07 Å². The normalized spacial score (nSPS) is 19.7. The van der Waals surface area contributed by atoms with Crippen molar-refractivity contribution in [3.8, 4) is 0 Å². The molecule has 1 aliphatic rings. The summed E-state index contributed by atoms with van der Waals surface area (Å²) < 4.78 is 26.3. The number of hydrogen-bond acceptors (Lipinski definition) is 4. The van der Waals surface area contributed by atoms with Crippen molar-refractivity contribution in [1.82, 2.24) is 8.61 Å². The Balaban J connectivity index is 2.26. The second kappa shape index (κ2) is 5.04. The maximum Gasteiger partial charge on any atom is 0.288 e. The van der Waals surface area contributed by atoms with E-state index in [4.69, 9.17) is 11.6 Å². The van der Waals surface area contributed by atoms with Crippen molar-refractivity contribution in [1.29, 1.82) is 0 Å². The third-order valence-electron chi connectivity index (χ3n) is 2.95. The second-order valence-electron chi connectivity index (χ2n) is 4.21. The molecule has 2 rings (SSSR count). The molecule has 104 valence electrons. The van der Waals surface area contributed by atoms with Gasteiger partial charge in [-0.05, 0) is 11.6 Å². The zero-order valence-electron chi connectivity index (χ0n) is 10.1. The van der Waals surface area contributed by atoms with Gasteiger partial charge in [0, 0.05) is 32.7 Å². The monoisotopic (exact) mass is 305 g/mol. The molecule has 0 bridgehead atoms. The number of benzene rings is 1. The van der Waals surface area contributed by atoms with Crippen LogP contribution in [0.3, 0.4) is 0 Å². The second-order valence-corrected chi connectivity index (χ2v) is 6.65. The Bertz CT molecular complexity index is 619. The average molecular weight is 306 g/mol. The van der Waals surface area contributed by atoms with Gasteiger partial charge in [0.15, 0.2) is 0 Å². The van der Waals surface area contributed by atoms with Crippen LogP contribution >= 0.6 is 11.6 Å². The number of hydrogen-bond donors (Lipinski definition) is 0. The van der Waals surface area contributed by atoms with Gasteiger partial charge in [-0.25, -0.2) is 0 Å². The van der Waals surface area contributed by atoms with E-state index in [9.17, 15) is 18.5 Å². The SMILES string of the molecule is CN1CCN(Cc2ccc(Cl)c([N+](=O)[O-])c2)S1(=O)=O. The predicted molar refractivity (Wildman–Crippen MR) is 70.1 cm³/mol. The van der Waals surface area contributed by atoms with Crippen LogP contribution in [-0.2, 0) is 16.8 Å². The van der Waals surface area contributed by atoms with Gasteiger partial charge in [-0.3, -0.25) is 10.1 Å². The van der Waals surface area contributed by atoms with Crippen molar-refractivity contribution in [3.05, 3.63) is 38.9 Å². The van der Waals surface area contributed by atoms with E-state index < -0.39 is 15.1 Å². The Kier molecular flexibility index (Phi) is 3.77. The smallest absolute Gasteiger partial charge is 0.258 e. The van der Waals surface area contributed by atoms with Gasteiger partial charge < -0.3 is 0 Å². The fourth-order valence-electron chi connectivity index (χ4n) is 1.84. The highest BCUT2D eigenvalue weighted by atomic mass is 35.5. The summed E-state index contributed by atoms with van der Waals surface area (Å²) in [5.41, 5.74) is 0.319. The van der Waals surface area contributed by atoms with Crippen molar-refractivity contribution >= 4 is 27.5 Å². The Hall–Kier alpha value is -1.22. The van der Waals surface area contributed by atoms with Crippen molar-refractivity contribution in [2.45, 2.75) is 6.54 Å². The van der Waals surface area contributed by atoms with Crippen LogP contribution in [-0.4, -0.2) is 42.1 Å². The van der Waals surface area contributed by atoms with Crippen LogP contribution < -0.4 is 0 Å². The summed E-state index contributed by atoms with van der Waals surface area (Å²) in [6.07, 6.45) is 0. The van der Waals surface area contributed by atoms with Gasteiger partial charge >= 0.3 is 0 Å². The van der Waals surface area contributed by atoms with Crippen molar-refractivity contribution in [2.24, 2.45) is 0 Å². The van der Waals surface area contributed by atoms with E-state index in [-0.39, 0.29) is 17.3 Å². The van der Waals surface area contributed by atoms with Crippen molar-refractivity contribution < 1.29 is 13.3 Å². The fourth-order valence-corrected chi connectivity index (χ4v) is 3.36. The average Bonchev–Trinajstić information content (AvgIpc) is 2.58. The molecule has 1 fully saturated rings. The summed E-state index contributed by atoms with van der Waals surface area (Å²) >= 11 is 5.71. The molecule has 1 saturated heterocycles. The topological polar surface area (TPSA) is 83.8 Å². The molecule has 0 aromatic heterocycles. The van der Waals surface area contributed by atoms with Gasteiger partial charge in [-0.2, -0.15) is 17.0 Å². The molecule has 0 atom stereocenters. The molecule has 7 nitrogen and oxygen atoms in total. The van der Waals surface area contributed by atoms with E-state index >= 15 is 0 Å². The first-order chi connectivity index (χ1) is 8.82. The summed E-state index contributed by atoms with van der Waals surface area (Å²) in [5, 5.41) is 10.8. The molecule has 1 heterocycles. The number of nitrogens with zero attached hydrogens (tertiary/aromatic N) is 3. The zero-order chi connectivity index (χ0) is 14.2. The van der Waals surface area contributed by atoms with Gasteiger partial charge in [0.2, 0.25) is 0 Å². The lowest BCUT2D eigenvalue weighted by atomic mass is 10.2. The highest BCUT2D eigenvalue weighted by molar-refractivity contribution is 7.86. The number of rotatable bonds is 3. The number of nitro groups is 1. The summed E-state index contributed by atoms with van der Waals surface area (Å²) in [6.45, 7) is 0.887. The minimum Gasteiger partial charge on any atom is -0.258 e. The number of likely N-dealkylation sites (N-methyl/N-ethyl adjacent to an activating group) is 1. The molecule has 0 aliphatic carbocycles. The Labute approximate surface area is 115 Å². The third-order valence-corrected chi connectivity index (χ3v) is 5.20. The van der Waals surface area contributed by atoms with E-state index in [0.717, 1.165) is 0 Å². The van der Waals surface area contributed by atoms with E-state index in [0.29, 0.717) is 18.7 Å². The first-order valence-corrected chi connectivity index (χ1v) is 7.24. The molecular formula is C10H12ClN3O4S. The van der Waals surface area contributed by atoms with E-state index in [1.165, 1.54) is 27.8 Å². The van der Waals surface area contributed by atoms with Crippen LogP contribution in [0.2, 0.25) is 5.02 Å². The van der Waals surface area contributed by atoms with Crippen LogP contribution in [0.25, 0.3) is 0 Å². The van der Waals surface area contributed by atoms with E-state index in [2.05, 4.69) is 0 Å². The number of halogens is 1. The molecule has 0 N–H and O–H groups in total. The molecule has 9 heteroatoms. The first-order valence-electron chi connectivity index (χ1n) is 5.46. The molecule has 0 spiro atoms. The maximum atomic E-state index is 11.9. The molecular weight excluding hydrogens is 294 g/mol. The minimum absolute atomic E-state index is 0.0372. The molecule has 0 saturated carbocycles. The summed E-state index contributed by atoms with van der Waals surface area (Å²) in [5.74, 6) is 0. The number of nitro benzene ring substituents is 1. The Morgan fingerprint density at radius 3 is 2.63 bits per heavy atom. The molecule has 1 aromatic rings. The standard InChI is InChI=1S/C10H12ClN3O4S/c1-12-4-5-13(19(12,17)18)7-8-2-3-9(11)10(6-8)14(15)16/h2-3,6H,4-5,7H2,1H3. The molecule has 0 amide bonds. The molecule has 19 heavy (non-hydrogen) atoms. The fraction of sp³-hybridized carbons (Fsp3) is 0.400. The largest absolute Gasteiger partial charge is 0.288 e. The van der Waals surface area contributed by atoms with Gasteiger partial charge in [-0.1, -0.05) is 17.7 Å². The molecule has 1 aromatic carbocycles. The Morgan fingerprint density at radius 2 is 2.11 bits per heavy atom. The van der Waals surface area contributed by atoms with Gasteiger partial charge in [0.1, 0.15) is 5.02 Å². The maximum absolute atomic E-state index is 11.9. The van der Waals surface area contributed by atoms with Gasteiger partial charge in [0.25, 0.3) is 15.9 Å². The zero-order valence-corrected chi connectivity index (χ0v) is 11.7. The highest BCUT2D eigenvalue weighted by Gasteiger charge is 2.33. The molecule has 0 radical (unpaired) electrons. The van der Waals surface area contributed by atoms with Crippen molar-refractivity contribution in [2.75, 3.05) is 20.1 Å². The third kappa shape index (κ3) is 2.71. The minimum atomic E-state index is -3.44. The predicted octanol–water partition coefficient (Wildman–Crippen LogP) is 1.24. The van der Waals surface area contributed by atoms with Crippen LogP contribution in [0.15, 0.2) is 18.2 Å². The van der Waals surface area contributed by atoms with Crippen LogP contribution in [0, 0.1) is 10.1 Å². The summed E-state index contributed by atoms with van der Waals surface area (Å²) in [6, 6.07) is 4.29. The Morgan fingerprint density at radius 1 is 1.42 bits per heavy atom. The molecule has 0 unspecified atom stereocenters. The first kappa shape index (κ1) is 14.2.